The second kappa shape index (κ2) is 6.53. The lowest BCUT2D eigenvalue weighted by molar-refractivity contribution is 0.273. The van der Waals surface area contributed by atoms with Gasteiger partial charge in [0.15, 0.2) is 0 Å². The predicted molar refractivity (Wildman–Crippen MR) is 81.4 cm³/mol. The standard InChI is InChI=1S/C15H30N4/c1-10(2)14(9-18(6)7)16-11(3)15-12(4)17-19(8)13(15)5/h10-11,14,16H,9H2,1-8H3. The molecule has 110 valence electrons. The zero-order valence-electron chi connectivity index (χ0n) is 13.8. The third kappa shape index (κ3) is 4.05. The minimum atomic E-state index is 0.334. The van der Waals surface area contributed by atoms with Crippen molar-refractivity contribution < 1.29 is 0 Å². The van der Waals surface area contributed by atoms with Gasteiger partial charge in [-0.2, -0.15) is 5.10 Å². The maximum atomic E-state index is 4.51. The van der Waals surface area contributed by atoms with Crippen molar-refractivity contribution in [3.8, 4) is 0 Å². The molecule has 0 radical (unpaired) electrons. The molecule has 0 fully saturated rings. The van der Waals surface area contributed by atoms with E-state index in [-0.39, 0.29) is 0 Å². The van der Waals surface area contributed by atoms with Crippen LogP contribution in [0.4, 0.5) is 0 Å². The molecule has 0 aromatic carbocycles. The van der Waals surface area contributed by atoms with Crippen LogP contribution in [0.25, 0.3) is 0 Å². The van der Waals surface area contributed by atoms with Gasteiger partial charge < -0.3 is 10.2 Å². The molecule has 4 heteroatoms. The smallest absolute Gasteiger partial charge is 0.0644 e. The summed E-state index contributed by atoms with van der Waals surface area (Å²) in [5, 5.41) is 8.28. The summed E-state index contributed by atoms with van der Waals surface area (Å²) in [6, 6.07) is 0.824. The molecule has 0 aliphatic rings. The van der Waals surface area contributed by atoms with Crippen molar-refractivity contribution in [3.63, 3.8) is 0 Å². The van der Waals surface area contributed by atoms with E-state index >= 15 is 0 Å². The maximum absolute atomic E-state index is 4.51. The molecule has 2 unspecified atom stereocenters. The number of nitrogens with one attached hydrogen (secondary N) is 1. The van der Waals surface area contributed by atoms with Crippen LogP contribution >= 0.6 is 0 Å². The van der Waals surface area contributed by atoms with Crippen LogP contribution in [0, 0.1) is 19.8 Å². The second-order valence-corrected chi connectivity index (χ2v) is 6.21. The number of likely N-dealkylation sites (N-methyl/N-ethyl adjacent to an activating group) is 1. The van der Waals surface area contributed by atoms with Crippen LogP contribution in [-0.2, 0) is 7.05 Å². The lowest BCUT2D eigenvalue weighted by atomic mass is 10.00. The Bertz CT molecular complexity index is 407. The Labute approximate surface area is 118 Å². The van der Waals surface area contributed by atoms with Gasteiger partial charge in [-0.3, -0.25) is 4.68 Å². The van der Waals surface area contributed by atoms with Crippen LogP contribution in [0.5, 0.6) is 0 Å². The Morgan fingerprint density at radius 1 is 1.21 bits per heavy atom. The van der Waals surface area contributed by atoms with Crippen LogP contribution < -0.4 is 5.32 Å². The topological polar surface area (TPSA) is 33.1 Å². The highest BCUT2D eigenvalue weighted by atomic mass is 15.3. The van der Waals surface area contributed by atoms with Crippen LogP contribution in [-0.4, -0.2) is 41.4 Å². The van der Waals surface area contributed by atoms with E-state index in [1.54, 1.807) is 0 Å². The predicted octanol–water partition coefficient (Wildman–Crippen LogP) is 2.27. The second-order valence-electron chi connectivity index (χ2n) is 6.21. The van der Waals surface area contributed by atoms with Crippen molar-refractivity contribution in [3.05, 3.63) is 17.0 Å². The number of nitrogens with zero attached hydrogens (tertiary/aromatic N) is 3. The SMILES string of the molecule is Cc1nn(C)c(C)c1C(C)NC(CN(C)C)C(C)C. The van der Waals surface area contributed by atoms with Crippen molar-refractivity contribution in [1.82, 2.24) is 20.0 Å². The van der Waals surface area contributed by atoms with E-state index in [2.05, 4.69) is 64.0 Å². The number of aryl methyl sites for hydroxylation is 2. The molecule has 0 spiro atoms. The molecular formula is C15H30N4. The van der Waals surface area contributed by atoms with Gasteiger partial charge in [-0.05, 0) is 40.8 Å². The van der Waals surface area contributed by atoms with E-state index in [0.717, 1.165) is 12.2 Å². The molecule has 1 heterocycles. The first-order valence-electron chi connectivity index (χ1n) is 7.14. The van der Waals surface area contributed by atoms with Gasteiger partial charge >= 0.3 is 0 Å². The fourth-order valence-corrected chi connectivity index (χ4v) is 2.67. The van der Waals surface area contributed by atoms with Crippen molar-refractivity contribution in [2.75, 3.05) is 20.6 Å². The molecule has 4 nitrogen and oxygen atoms in total. The van der Waals surface area contributed by atoms with Gasteiger partial charge in [-0.1, -0.05) is 13.8 Å². The molecule has 2 atom stereocenters. The number of rotatable bonds is 6. The molecule has 0 saturated heterocycles. The number of aromatic nitrogens is 2. The zero-order chi connectivity index (χ0) is 14.7. The summed E-state index contributed by atoms with van der Waals surface area (Å²) < 4.78 is 1.97. The summed E-state index contributed by atoms with van der Waals surface area (Å²) in [5.74, 6) is 0.613. The van der Waals surface area contributed by atoms with Gasteiger partial charge in [0.2, 0.25) is 0 Å². The van der Waals surface area contributed by atoms with E-state index in [1.165, 1.54) is 11.3 Å². The van der Waals surface area contributed by atoms with Gasteiger partial charge in [0.1, 0.15) is 0 Å². The molecule has 1 aromatic rings. The zero-order valence-corrected chi connectivity index (χ0v) is 13.8. The summed E-state index contributed by atoms with van der Waals surface area (Å²) >= 11 is 0. The van der Waals surface area contributed by atoms with Crippen LogP contribution in [0.3, 0.4) is 0 Å². The van der Waals surface area contributed by atoms with E-state index < -0.39 is 0 Å². The third-order valence-electron chi connectivity index (χ3n) is 3.83. The van der Waals surface area contributed by atoms with Crippen molar-refractivity contribution in [2.24, 2.45) is 13.0 Å². The summed E-state index contributed by atoms with van der Waals surface area (Å²) in [6.07, 6.45) is 0. The summed E-state index contributed by atoms with van der Waals surface area (Å²) in [5.41, 5.74) is 3.73. The van der Waals surface area contributed by atoms with Crippen LogP contribution in [0.2, 0.25) is 0 Å². The first-order chi connectivity index (χ1) is 8.73. The molecule has 1 N–H and O–H groups in total. The van der Waals surface area contributed by atoms with Crippen LogP contribution in [0.1, 0.15) is 43.8 Å². The monoisotopic (exact) mass is 266 g/mol. The lowest BCUT2D eigenvalue weighted by Gasteiger charge is -2.29. The molecule has 0 bridgehead atoms. The molecule has 0 amide bonds. The molecule has 1 rings (SSSR count). The fraction of sp³-hybridized carbons (Fsp3) is 0.800. The lowest BCUT2D eigenvalue weighted by Crippen LogP contribution is -2.43. The average Bonchev–Trinajstić information content (AvgIpc) is 2.51. The fourth-order valence-electron chi connectivity index (χ4n) is 2.67. The normalized spacial score (nSPS) is 15.3. The highest BCUT2D eigenvalue weighted by Crippen LogP contribution is 2.22. The van der Waals surface area contributed by atoms with Crippen molar-refractivity contribution in [2.45, 2.75) is 46.7 Å². The Morgan fingerprint density at radius 3 is 2.16 bits per heavy atom. The molecule has 0 aliphatic carbocycles. The molecule has 19 heavy (non-hydrogen) atoms. The molecule has 0 saturated carbocycles. The highest BCUT2D eigenvalue weighted by molar-refractivity contribution is 5.27. The Balaban J connectivity index is 2.84. The molecule has 0 aliphatic heterocycles. The Hall–Kier alpha value is -0.870. The van der Waals surface area contributed by atoms with Gasteiger partial charge in [0.05, 0.1) is 5.69 Å². The van der Waals surface area contributed by atoms with E-state index in [1.807, 2.05) is 11.7 Å². The van der Waals surface area contributed by atoms with Crippen LogP contribution in [0.15, 0.2) is 0 Å². The van der Waals surface area contributed by atoms with E-state index in [0.29, 0.717) is 18.0 Å². The third-order valence-corrected chi connectivity index (χ3v) is 3.83. The van der Waals surface area contributed by atoms with Gasteiger partial charge in [0.25, 0.3) is 0 Å². The van der Waals surface area contributed by atoms with Crippen molar-refractivity contribution in [1.29, 1.82) is 0 Å². The Morgan fingerprint density at radius 2 is 1.79 bits per heavy atom. The van der Waals surface area contributed by atoms with Crippen molar-refractivity contribution >= 4 is 0 Å². The maximum Gasteiger partial charge on any atom is 0.0644 e. The minimum absolute atomic E-state index is 0.334. The van der Waals surface area contributed by atoms with E-state index in [4.69, 9.17) is 0 Å². The van der Waals surface area contributed by atoms with Gasteiger partial charge in [-0.25, -0.2) is 0 Å². The van der Waals surface area contributed by atoms with Gasteiger partial charge in [-0.15, -0.1) is 0 Å². The summed E-state index contributed by atoms with van der Waals surface area (Å²) in [4.78, 5) is 2.24. The first kappa shape index (κ1) is 16.2. The molecular weight excluding hydrogens is 236 g/mol. The number of hydrogen-bond donors (Lipinski definition) is 1. The summed E-state index contributed by atoms with van der Waals surface area (Å²) in [6.45, 7) is 12.1. The Kier molecular flexibility index (Phi) is 5.56. The highest BCUT2D eigenvalue weighted by Gasteiger charge is 2.21. The quantitative estimate of drug-likeness (QED) is 0.857. The molecule has 1 aromatic heterocycles. The van der Waals surface area contributed by atoms with E-state index in [9.17, 15) is 0 Å². The largest absolute Gasteiger partial charge is 0.308 e. The number of hydrogen-bond acceptors (Lipinski definition) is 3. The van der Waals surface area contributed by atoms with Gasteiger partial charge in [0, 0.05) is 36.9 Å². The summed E-state index contributed by atoms with van der Waals surface area (Å²) in [7, 11) is 6.27. The minimum Gasteiger partial charge on any atom is -0.308 e. The first-order valence-corrected chi connectivity index (χ1v) is 7.14. The average molecular weight is 266 g/mol.